The van der Waals surface area contributed by atoms with Crippen LogP contribution >= 0.6 is 0 Å². The highest BCUT2D eigenvalue weighted by Gasteiger charge is 2.29. The Morgan fingerprint density at radius 2 is 2.21 bits per heavy atom. The number of nitrogens with two attached hydrogens (primary N) is 1. The molecule has 1 aromatic rings. The lowest BCUT2D eigenvalue weighted by atomic mass is 10.2. The Hall–Kier alpha value is -1.83. The molecule has 19 heavy (non-hydrogen) atoms. The van der Waals surface area contributed by atoms with E-state index in [9.17, 15) is 18.0 Å². The molecule has 106 valence electrons. The molecule has 0 aliphatic rings. The first-order valence-corrected chi connectivity index (χ1v) is 5.52. The molecule has 0 unspecified atom stereocenters. The van der Waals surface area contributed by atoms with Crippen molar-refractivity contribution >= 4 is 5.91 Å². The van der Waals surface area contributed by atoms with Crippen molar-refractivity contribution in [3.63, 3.8) is 0 Å². The molecule has 1 rings (SSSR count). The molecule has 0 radical (unpaired) electrons. The van der Waals surface area contributed by atoms with Gasteiger partial charge in [0, 0.05) is 31.3 Å². The molecule has 0 bridgehead atoms. The third kappa shape index (κ3) is 6.05. The Bertz CT molecular complexity index is 424. The smallest absolute Gasteiger partial charge is 0.422 e. The average molecular weight is 277 g/mol. The van der Waals surface area contributed by atoms with E-state index in [1.165, 1.54) is 12.3 Å². The first kappa shape index (κ1) is 15.2. The zero-order valence-electron chi connectivity index (χ0n) is 10.0. The molecule has 5 nitrogen and oxygen atoms in total. The van der Waals surface area contributed by atoms with Gasteiger partial charge in [-0.25, -0.2) is 4.98 Å². The van der Waals surface area contributed by atoms with Crippen LogP contribution in [0.3, 0.4) is 0 Å². The standard InChI is InChI=1S/C11H14F3N3O2/c12-11(13,14)7-19-10-8(2-1-5-16-10)6-17-9(18)3-4-15/h1-2,5H,3-4,6-7,15H2,(H,17,18). The van der Waals surface area contributed by atoms with Gasteiger partial charge >= 0.3 is 6.18 Å². The van der Waals surface area contributed by atoms with E-state index < -0.39 is 12.8 Å². The molecule has 3 N–H and O–H groups in total. The molecule has 1 aromatic heterocycles. The van der Waals surface area contributed by atoms with Gasteiger partial charge in [-0.15, -0.1) is 0 Å². The van der Waals surface area contributed by atoms with Crippen LogP contribution in [-0.2, 0) is 11.3 Å². The normalized spacial score (nSPS) is 11.2. The summed E-state index contributed by atoms with van der Waals surface area (Å²) in [7, 11) is 0. The van der Waals surface area contributed by atoms with Gasteiger partial charge in [-0.1, -0.05) is 6.07 Å². The van der Waals surface area contributed by atoms with E-state index in [0.29, 0.717) is 5.56 Å². The van der Waals surface area contributed by atoms with Gasteiger partial charge in [0.05, 0.1) is 0 Å². The lowest BCUT2D eigenvalue weighted by Crippen LogP contribution is -2.26. The molecule has 0 aliphatic heterocycles. The quantitative estimate of drug-likeness (QED) is 0.813. The number of hydrogen-bond donors (Lipinski definition) is 2. The van der Waals surface area contributed by atoms with E-state index in [-0.39, 0.29) is 31.3 Å². The Morgan fingerprint density at radius 1 is 1.47 bits per heavy atom. The summed E-state index contributed by atoms with van der Waals surface area (Å²) in [5.74, 6) is -0.430. The fourth-order valence-electron chi connectivity index (χ4n) is 1.25. The fraction of sp³-hybridized carbons (Fsp3) is 0.455. The molecule has 0 atom stereocenters. The zero-order chi connectivity index (χ0) is 14.3. The molecule has 1 amide bonds. The molecule has 0 fully saturated rings. The van der Waals surface area contributed by atoms with E-state index in [0.717, 1.165) is 0 Å². The van der Waals surface area contributed by atoms with Gasteiger partial charge < -0.3 is 15.8 Å². The summed E-state index contributed by atoms with van der Waals surface area (Å²) < 4.78 is 40.7. The lowest BCUT2D eigenvalue weighted by molar-refractivity contribution is -0.154. The van der Waals surface area contributed by atoms with Crippen LogP contribution in [0.4, 0.5) is 13.2 Å². The number of carbonyl (C=O) groups is 1. The first-order valence-electron chi connectivity index (χ1n) is 5.52. The van der Waals surface area contributed by atoms with E-state index in [2.05, 4.69) is 15.0 Å². The number of ether oxygens (including phenoxy) is 1. The summed E-state index contributed by atoms with van der Waals surface area (Å²) in [6.45, 7) is -1.18. The van der Waals surface area contributed by atoms with Gasteiger partial charge in [-0.3, -0.25) is 4.79 Å². The number of aromatic nitrogens is 1. The monoisotopic (exact) mass is 277 g/mol. The van der Waals surface area contributed by atoms with Crippen LogP contribution in [-0.4, -0.2) is 30.2 Å². The molecular weight excluding hydrogens is 263 g/mol. The van der Waals surface area contributed by atoms with Crippen molar-refractivity contribution in [2.75, 3.05) is 13.2 Å². The minimum Gasteiger partial charge on any atom is -0.468 e. The molecule has 0 spiro atoms. The summed E-state index contributed by atoms with van der Waals surface area (Å²) in [5.41, 5.74) is 5.57. The van der Waals surface area contributed by atoms with Crippen LogP contribution in [0.5, 0.6) is 5.88 Å². The molecule has 0 aromatic carbocycles. The molecule has 0 saturated heterocycles. The molecule has 0 aliphatic carbocycles. The SMILES string of the molecule is NCCC(=O)NCc1cccnc1OCC(F)(F)F. The number of hydrogen-bond acceptors (Lipinski definition) is 4. The third-order valence-electron chi connectivity index (χ3n) is 2.07. The number of pyridine rings is 1. The van der Waals surface area contributed by atoms with Crippen molar-refractivity contribution < 1.29 is 22.7 Å². The van der Waals surface area contributed by atoms with Gasteiger partial charge in [0.15, 0.2) is 6.61 Å². The van der Waals surface area contributed by atoms with Gasteiger partial charge in [0.1, 0.15) is 0 Å². The highest BCUT2D eigenvalue weighted by Crippen LogP contribution is 2.19. The number of carbonyl (C=O) groups excluding carboxylic acids is 1. The average Bonchev–Trinajstić information content (AvgIpc) is 2.34. The van der Waals surface area contributed by atoms with Crippen molar-refractivity contribution in [3.8, 4) is 5.88 Å². The molecule has 0 saturated carbocycles. The zero-order valence-corrected chi connectivity index (χ0v) is 10.0. The summed E-state index contributed by atoms with van der Waals surface area (Å²) in [6.07, 6.45) is -2.96. The second-order valence-electron chi connectivity index (χ2n) is 3.69. The molecule has 1 heterocycles. The second-order valence-corrected chi connectivity index (χ2v) is 3.69. The molecule has 8 heteroatoms. The van der Waals surface area contributed by atoms with Gasteiger partial charge in [0.2, 0.25) is 11.8 Å². The second kappa shape index (κ2) is 6.93. The Morgan fingerprint density at radius 3 is 2.84 bits per heavy atom. The predicted octanol–water partition coefficient (Wildman–Crippen LogP) is 0.988. The van der Waals surface area contributed by atoms with Crippen molar-refractivity contribution in [3.05, 3.63) is 23.9 Å². The maximum Gasteiger partial charge on any atom is 0.422 e. The van der Waals surface area contributed by atoms with Crippen LogP contribution in [0.1, 0.15) is 12.0 Å². The van der Waals surface area contributed by atoms with Crippen LogP contribution < -0.4 is 15.8 Å². The topological polar surface area (TPSA) is 77.2 Å². The Balaban J connectivity index is 2.60. The highest BCUT2D eigenvalue weighted by molar-refractivity contribution is 5.76. The maximum absolute atomic E-state index is 12.1. The Labute approximate surface area is 108 Å². The number of nitrogens with zero attached hydrogens (tertiary/aromatic N) is 1. The van der Waals surface area contributed by atoms with E-state index in [4.69, 9.17) is 5.73 Å². The van der Waals surface area contributed by atoms with Gasteiger partial charge in [-0.05, 0) is 6.07 Å². The minimum atomic E-state index is -4.43. The van der Waals surface area contributed by atoms with Crippen molar-refractivity contribution in [2.24, 2.45) is 5.73 Å². The fourth-order valence-corrected chi connectivity index (χ4v) is 1.25. The lowest BCUT2D eigenvalue weighted by Gasteiger charge is -2.12. The number of rotatable bonds is 6. The van der Waals surface area contributed by atoms with Crippen molar-refractivity contribution in [1.29, 1.82) is 0 Å². The maximum atomic E-state index is 12.1. The summed E-state index contributed by atoms with van der Waals surface area (Å²) in [5, 5.41) is 2.52. The first-order chi connectivity index (χ1) is 8.92. The molecular formula is C11H14F3N3O2. The van der Waals surface area contributed by atoms with Crippen LogP contribution in [0, 0.1) is 0 Å². The van der Waals surface area contributed by atoms with Crippen molar-refractivity contribution in [2.45, 2.75) is 19.1 Å². The largest absolute Gasteiger partial charge is 0.468 e. The highest BCUT2D eigenvalue weighted by atomic mass is 19.4. The van der Waals surface area contributed by atoms with E-state index >= 15 is 0 Å². The number of halogens is 3. The van der Waals surface area contributed by atoms with Crippen LogP contribution in [0.15, 0.2) is 18.3 Å². The van der Waals surface area contributed by atoms with Gasteiger partial charge in [-0.2, -0.15) is 13.2 Å². The summed E-state index contributed by atoms with van der Waals surface area (Å²) in [6, 6.07) is 3.08. The number of nitrogens with one attached hydrogen (secondary N) is 1. The van der Waals surface area contributed by atoms with E-state index in [1.54, 1.807) is 6.07 Å². The van der Waals surface area contributed by atoms with Crippen molar-refractivity contribution in [1.82, 2.24) is 10.3 Å². The third-order valence-corrected chi connectivity index (χ3v) is 2.07. The summed E-state index contributed by atoms with van der Waals surface area (Å²) >= 11 is 0. The van der Waals surface area contributed by atoms with E-state index in [1.807, 2.05) is 0 Å². The van der Waals surface area contributed by atoms with Gasteiger partial charge in [0.25, 0.3) is 0 Å². The van der Waals surface area contributed by atoms with Crippen LogP contribution in [0.2, 0.25) is 0 Å². The summed E-state index contributed by atoms with van der Waals surface area (Å²) in [4.78, 5) is 14.9. The number of alkyl halides is 3. The Kier molecular flexibility index (Phi) is 5.56. The predicted molar refractivity (Wildman–Crippen MR) is 61.3 cm³/mol. The van der Waals surface area contributed by atoms with Crippen LogP contribution in [0.25, 0.3) is 0 Å². The number of amides is 1. The minimum absolute atomic E-state index is 0.0415.